The van der Waals surface area contributed by atoms with Crippen molar-refractivity contribution >= 4 is 22.3 Å². The fourth-order valence-electron chi connectivity index (χ4n) is 2.28. The van der Waals surface area contributed by atoms with Crippen molar-refractivity contribution in [2.45, 2.75) is 26.7 Å². The van der Waals surface area contributed by atoms with Gasteiger partial charge in [-0.1, -0.05) is 19.9 Å². The predicted octanol–water partition coefficient (Wildman–Crippen LogP) is 2.63. The van der Waals surface area contributed by atoms with E-state index < -0.39 is 0 Å². The van der Waals surface area contributed by atoms with Gasteiger partial charge in [0.05, 0.1) is 17.4 Å². The molecule has 0 radical (unpaired) electrons. The second-order valence-corrected chi connectivity index (χ2v) is 4.08. The van der Waals surface area contributed by atoms with E-state index in [1.54, 1.807) is 6.33 Å². The lowest BCUT2D eigenvalue weighted by Gasteiger charge is -2.08. The highest BCUT2D eigenvalue weighted by molar-refractivity contribution is 5.85. The maximum Gasteiger partial charge on any atom is 0.197 e. The maximum absolute atomic E-state index is 4.61. The van der Waals surface area contributed by atoms with Gasteiger partial charge in [-0.3, -0.25) is 0 Å². The standard InChI is InChI=1S/C13H14N4/c1-3-8-5-6-10-11(9(8)4-2)17-13-12(16-10)14-7-15-13/h5-7H,3-4H2,1-2H3,(H,14,15,16,17). The van der Waals surface area contributed by atoms with Crippen LogP contribution in [0.5, 0.6) is 0 Å². The molecule has 86 valence electrons. The van der Waals surface area contributed by atoms with Crippen LogP contribution in [0.25, 0.3) is 22.3 Å². The molecular formula is C13H14N4. The van der Waals surface area contributed by atoms with Crippen LogP contribution in [0, 0.1) is 0 Å². The van der Waals surface area contributed by atoms with Crippen molar-refractivity contribution in [1.29, 1.82) is 0 Å². The number of aromatic amines is 1. The van der Waals surface area contributed by atoms with E-state index in [0.717, 1.165) is 29.5 Å². The SMILES string of the molecule is CCc1ccc2nc3[nH]cnc3nc2c1CC. The third-order valence-electron chi connectivity index (χ3n) is 3.14. The molecule has 2 aromatic heterocycles. The molecule has 1 N–H and O–H groups in total. The molecule has 0 unspecified atom stereocenters. The Morgan fingerprint density at radius 2 is 2.00 bits per heavy atom. The van der Waals surface area contributed by atoms with E-state index >= 15 is 0 Å². The monoisotopic (exact) mass is 226 g/mol. The molecule has 0 bridgehead atoms. The van der Waals surface area contributed by atoms with Crippen molar-refractivity contribution in [2.75, 3.05) is 0 Å². The third kappa shape index (κ3) is 1.48. The lowest BCUT2D eigenvalue weighted by atomic mass is 10.0. The van der Waals surface area contributed by atoms with E-state index in [0.29, 0.717) is 5.65 Å². The molecular weight excluding hydrogens is 212 g/mol. The van der Waals surface area contributed by atoms with E-state index in [9.17, 15) is 0 Å². The molecule has 0 aliphatic rings. The number of hydrogen-bond donors (Lipinski definition) is 1. The molecule has 0 spiro atoms. The number of fused-ring (bicyclic) bond motifs is 2. The molecule has 17 heavy (non-hydrogen) atoms. The van der Waals surface area contributed by atoms with Gasteiger partial charge in [-0.05, 0) is 30.0 Å². The minimum absolute atomic E-state index is 0.695. The fourth-order valence-corrected chi connectivity index (χ4v) is 2.28. The Labute approximate surface area is 99.1 Å². The lowest BCUT2D eigenvalue weighted by molar-refractivity contribution is 1.04. The van der Waals surface area contributed by atoms with Gasteiger partial charge in [-0.2, -0.15) is 0 Å². The highest BCUT2D eigenvalue weighted by Gasteiger charge is 2.09. The molecule has 0 fully saturated rings. The van der Waals surface area contributed by atoms with Gasteiger partial charge in [-0.25, -0.2) is 15.0 Å². The number of benzene rings is 1. The van der Waals surface area contributed by atoms with Crippen LogP contribution in [0.2, 0.25) is 0 Å². The summed E-state index contributed by atoms with van der Waals surface area (Å²) in [6, 6.07) is 4.19. The summed E-state index contributed by atoms with van der Waals surface area (Å²) < 4.78 is 0. The minimum Gasteiger partial charge on any atom is -0.328 e. The number of nitrogens with zero attached hydrogens (tertiary/aromatic N) is 3. The number of hydrogen-bond acceptors (Lipinski definition) is 3. The summed E-state index contributed by atoms with van der Waals surface area (Å²) in [6.07, 6.45) is 3.64. The third-order valence-corrected chi connectivity index (χ3v) is 3.14. The number of aryl methyl sites for hydroxylation is 2. The second kappa shape index (κ2) is 3.80. The zero-order valence-electron chi connectivity index (χ0n) is 9.99. The molecule has 0 saturated heterocycles. The Morgan fingerprint density at radius 3 is 2.76 bits per heavy atom. The fraction of sp³-hybridized carbons (Fsp3) is 0.308. The van der Waals surface area contributed by atoms with E-state index in [-0.39, 0.29) is 0 Å². The molecule has 0 aliphatic heterocycles. The number of aromatic nitrogens is 4. The summed E-state index contributed by atoms with van der Waals surface area (Å²) in [4.78, 5) is 16.3. The van der Waals surface area contributed by atoms with Gasteiger partial charge in [0.1, 0.15) is 0 Å². The van der Waals surface area contributed by atoms with Crippen LogP contribution in [-0.4, -0.2) is 19.9 Å². The number of nitrogens with one attached hydrogen (secondary N) is 1. The topological polar surface area (TPSA) is 54.5 Å². The average molecular weight is 226 g/mol. The number of rotatable bonds is 2. The van der Waals surface area contributed by atoms with E-state index in [4.69, 9.17) is 0 Å². The van der Waals surface area contributed by atoms with Crippen LogP contribution in [-0.2, 0) is 12.8 Å². The van der Waals surface area contributed by atoms with Gasteiger partial charge in [0.15, 0.2) is 11.3 Å². The molecule has 4 nitrogen and oxygen atoms in total. The quantitative estimate of drug-likeness (QED) is 0.730. The van der Waals surface area contributed by atoms with Gasteiger partial charge < -0.3 is 4.98 Å². The lowest BCUT2D eigenvalue weighted by Crippen LogP contribution is -1.97. The van der Waals surface area contributed by atoms with Crippen LogP contribution < -0.4 is 0 Å². The average Bonchev–Trinajstić information content (AvgIpc) is 2.81. The van der Waals surface area contributed by atoms with Crippen molar-refractivity contribution in [1.82, 2.24) is 19.9 Å². The van der Waals surface area contributed by atoms with Gasteiger partial charge >= 0.3 is 0 Å². The largest absolute Gasteiger partial charge is 0.328 e. The van der Waals surface area contributed by atoms with E-state index in [1.807, 2.05) is 6.07 Å². The minimum atomic E-state index is 0.695. The smallest absolute Gasteiger partial charge is 0.197 e. The molecule has 3 aromatic rings. The van der Waals surface area contributed by atoms with Gasteiger partial charge in [0.2, 0.25) is 0 Å². The molecule has 0 atom stereocenters. The summed E-state index contributed by atoms with van der Waals surface area (Å²) in [7, 11) is 0. The molecule has 0 amide bonds. The summed E-state index contributed by atoms with van der Waals surface area (Å²) in [6.45, 7) is 4.32. The molecule has 2 heterocycles. The van der Waals surface area contributed by atoms with Crippen molar-refractivity contribution in [3.05, 3.63) is 29.6 Å². The van der Waals surface area contributed by atoms with Crippen molar-refractivity contribution in [3.63, 3.8) is 0 Å². The van der Waals surface area contributed by atoms with Crippen LogP contribution in [0.15, 0.2) is 18.5 Å². The van der Waals surface area contributed by atoms with E-state index in [2.05, 4.69) is 39.8 Å². The van der Waals surface area contributed by atoms with Gasteiger partial charge in [0.25, 0.3) is 0 Å². The second-order valence-electron chi connectivity index (χ2n) is 4.08. The van der Waals surface area contributed by atoms with Crippen molar-refractivity contribution < 1.29 is 0 Å². The summed E-state index contributed by atoms with van der Waals surface area (Å²) in [5, 5.41) is 0. The summed E-state index contributed by atoms with van der Waals surface area (Å²) in [5.74, 6) is 0. The number of H-pyrrole nitrogens is 1. The number of imidazole rings is 1. The Bertz CT molecular complexity index is 684. The Balaban J connectivity index is 2.43. The highest BCUT2D eigenvalue weighted by Crippen LogP contribution is 2.22. The van der Waals surface area contributed by atoms with Crippen LogP contribution >= 0.6 is 0 Å². The van der Waals surface area contributed by atoms with Crippen LogP contribution in [0.3, 0.4) is 0 Å². The van der Waals surface area contributed by atoms with Crippen molar-refractivity contribution in [3.8, 4) is 0 Å². The predicted molar refractivity (Wildman–Crippen MR) is 67.9 cm³/mol. The first-order valence-corrected chi connectivity index (χ1v) is 5.95. The molecule has 0 saturated carbocycles. The first-order valence-electron chi connectivity index (χ1n) is 5.95. The molecule has 4 heteroatoms. The molecule has 3 rings (SSSR count). The van der Waals surface area contributed by atoms with E-state index in [1.165, 1.54) is 11.1 Å². The Kier molecular flexibility index (Phi) is 2.28. The highest BCUT2D eigenvalue weighted by atomic mass is 15.0. The van der Waals surface area contributed by atoms with Crippen molar-refractivity contribution in [2.24, 2.45) is 0 Å². The van der Waals surface area contributed by atoms with Crippen LogP contribution in [0.1, 0.15) is 25.0 Å². The first-order chi connectivity index (χ1) is 8.33. The zero-order valence-corrected chi connectivity index (χ0v) is 9.99. The van der Waals surface area contributed by atoms with Crippen LogP contribution in [0.4, 0.5) is 0 Å². The summed E-state index contributed by atoms with van der Waals surface area (Å²) >= 11 is 0. The Hall–Kier alpha value is -1.97. The molecule has 1 aromatic carbocycles. The maximum atomic E-state index is 4.61. The zero-order chi connectivity index (χ0) is 11.8. The first kappa shape index (κ1) is 10.2. The van der Waals surface area contributed by atoms with Gasteiger partial charge in [-0.15, -0.1) is 0 Å². The molecule has 0 aliphatic carbocycles. The summed E-state index contributed by atoms with van der Waals surface area (Å²) in [5.41, 5.74) is 6.03. The normalized spacial score (nSPS) is 11.4. The Morgan fingerprint density at radius 1 is 1.12 bits per heavy atom. The van der Waals surface area contributed by atoms with Gasteiger partial charge in [0, 0.05) is 0 Å².